The minimum absolute atomic E-state index is 0.00184. The maximum atomic E-state index is 12.1. The number of carbonyl (C=O) groups is 2. The molecule has 0 radical (unpaired) electrons. The molecule has 26 heavy (non-hydrogen) atoms. The topological polar surface area (TPSA) is 99.5 Å². The van der Waals surface area contributed by atoms with Gasteiger partial charge in [0.2, 0.25) is 11.8 Å². The van der Waals surface area contributed by atoms with E-state index in [1.54, 1.807) is 9.80 Å². The van der Waals surface area contributed by atoms with Crippen molar-refractivity contribution in [3.05, 3.63) is 0 Å². The van der Waals surface area contributed by atoms with E-state index in [9.17, 15) is 9.59 Å². The molecule has 1 fully saturated rings. The summed E-state index contributed by atoms with van der Waals surface area (Å²) in [6.45, 7) is 2.62. The van der Waals surface area contributed by atoms with Crippen LogP contribution in [-0.2, 0) is 19.1 Å². The molecule has 1 aliphatic rings. The Balaban J connectivity index is 2.14. The zero-order valence-corrected chi connectivity index (χ0v) is 14.9. The first-order chi connectivity index (χ1) is 12.7. The quantitative estimate of drug-likeness (QED) is 0.399. The van der Waals surface area contributed by atoms with Crippen LogP contribution in [0.1, 0.15) is 12.8 Å². The van der Waals surface area contributed by atoms with E-state index < -0.39 is 0 Å². The van der Waals surface area contributed by atoms with Gasteiger partial charge in [0.1, 0.15) is 26.4 Å². The number of aliphatic hydroxyl groups is 2. The number of aliphatic hydroxyl groups excluding tert-OH is 2. The van der Waals surface area contributed by atoms with Gasteiger partial charge in [0, 0.05) is 26.2 Å². The molecule has 0 atom stereocenters. The van der Waals surface area contributed by atoms with Gasteiger partial charge in [-0.15, -0.1) is 0 Å². The van der Waals surface area contributed by atoms with Crippen molar-refractivity contribution in [1.29, 1.82) is 0 Å². The molecule has 8 nitrogen and oxygen atoms in total. The van der Waals surface area contributed by atoms with Crippen LogP contribution in [0.5, 0.6) is 0 Å². The van der Waals surface area contributed by atoms with Crippen molar-refractivity contribution < 1.29 is 29.3 Å². The third kappa shape index (κ3) is 9.40. The second kappa shape index (κ2) is 14.1. The molecule has 144 valence electrons. The Bertz CT molecular complexity index is 499. The Hall–Kier alpha value is -2.10. The van der Waals surface area contributed by atoms with Crippen LogP contribution < -0.4 is 0 Å². The average Bonchev–Trinajstić information content (AvgIpc) is 2.67. The second-order valence-corrected chi connectivity index (χ2v) is 5.39. The number of nitrogens with zero attached hydrogens (tertiary/aromatic N) is 2. The summed E-state index contributed by atoms with van der Waals surface area (Å²) in [4.78, 5) is 27.6. The second-order valence-electron chi connectivity index (χ2n) is 5.39. The fraction of sp³-hybridized carbons (Fsp3) is 0.667. The highest BCUT2D eigenvalue weighted by atomic mass is 16.5. The van der Waals surface area contributed by atoms with Crippen LogP contribution in [0.4, 0.5) is 0 Å². The first-order valence-corrected chi connectivity index (χ1v) is 8.53. The van der Waals surface area contributed by atoms with Crippen molar-refractivity contribution in [3.8, 4) is 23.7 Å². The minimum atomic E-state index is -0.199. The maximum Gasteiger partial charge on any atom is 0.225 e. The first kappa shape index (κ1) is 21.9. The first-order valence-electron chi connectivity index (χ1n) is 8.53. The Morgan fingerprint density at radius 3 is 1.46 bits per heavy atom. The van der Waals surface area contributed by atoms with Crippen LogP contribution in [0.2, 0.25) is 0 Å². The summed E-state index contributed by atoms with van der Waals surface area (Å²) < 4.78 is 10.4. The van der Waals surface area contributed by atoms with Gasteiger partial charge in [-0.1, -0.05) is 23.7 Å². The zero-order chi connectivity index (χ0) is 19.0. The summed E-state index contributed by atoms with van der Waals surface area (Å²) in [5.41, 5.74) is 0. The molecule has 1 aliphatic heterocycles. The molecule has 1 saturated heterocycles. The summed E-state index contributed by atoms with van der Waals surface area (Å²) in [7, 11) is 0. The predicted molar refractivity (Wildman–Crippen MR) is 93.8 cm³/mol. The van der Waals surface area contributed by atoms with Crippen LogP contribution in [0.15, 0.2) is 0 Å². The number of carbonyl (C=O) groups excluding carboxylic acids is 2. The Morgan fingerprint density at radius 2 is 1.12 bits per heavy atom. The Kier molecular flexibility index (Phi) is 11.9. The summed E-state index contributed by atoms with van der Waals surface area (Å²) in [5.74, 6) is 10.2. The van der Waals surface area contributed by atoms with Crippen LogP contribution in [0.25, 0.3) is 0 Å². The third-order valence-corrected chi connectivity index (χ3v) is 3.66. The van der Waals surface area contributed by atoms with Gasteiger partial charge in [0.15, 0.2) is 0 Å². The van der Waals surface area contributed by atoms with Crippen molar-refractivity contribution in [2.45, 2.75) is 12.8 Å². The Labute approximate surface area is 154 Å². The van der Waals surface area contributed by atoms with Crippen molar-refractivity contribution >= 4 is 11.8 Å². The highest BCUT2D eigenvalue weighted by Gasteiger charge is 2.23. The standard InChI is InChI=1S/C18H26N2O6/c21-11-1-3-13-25-15-5-17(23)19-7-9-20(10-8-19)18(24)6-16-26-14-4-2-12-22/h21-22H,5-16H2. The highest BCUT2D eigenvalue weighted by Crippen LogP contribution is 2.06. The number of piperazine rings is 1. The molecule has 0 aliphatic carbocycles. The van der Waals surface area contributed by atoms with Crippen LogP contribution in [0, 0.1) is 23.7 Å². The van der Waals surface area contributed by atoms with E-state index in [0.717, 1.165) is 0 Å². The molecular weight excluding hydrogens is 340 g/mol. The average molecular weight is 366 g/mol. The summed E-state index contributed by atoms with van der Waals surface area (Å²) in [6, 6.07) is 0. The molecule has 0 bridgehead atoms. The molecule has 0 unspecified atom stereocenters. The lowest BCUT2D eigenvalue weighted by Crippen LogP contribution is -2.50. The van der Waals surface area contributed by atoms with Crippen molar-refractivity contribution in [2.24, 2.45) is 0 Å². The van der Waals surface area contributed by atoms with E-state index in [-0.39, 0.29) is 64.3 Å². The largest absolute Gasteiger partial charge is 0.384 e. The van der Waals surface area contributed by atoms with Crippen LogP contribution in [0.3, 0.4) is 0 Å². The smallest absolute Gasteiger partial charge is 0.225 e. The predicted octanol–water partition coefficient (Wildman–Crippen LogP) is -1.54. The molecule has 1 rings (SSSR count). The molecule has 0 aromatic heterocycles. The van der Waals surface area contributed by atoms with E-state index in [2.05, 4.69) is 23.7 Å². The van der Waals surface area contributed by atoms with Crippen LogP contribution >= 0.6 is 0 Å². The lowest BCUT2D eigenvalue weighted by molar-refractivity contribution is -0.140. The molecule has 0 saturated carbocycles. The fourth-order valence-electron chi connectivity index (χ4n) is 2.30. The van der Waals surface area contributed by atoms with Crippen LogP contribution in [-0.4, -0.2) is 97.6 Å². The molecular formula is C18H26N2O6. The number of hydrogen-bond donors (Lipinski definition) is 2. The molecule has 0 aromatic rings. The molecule has 2 amide bonds. The lowest BCUT2D eigenvalue weighted by atomic mass is 10.2. The summed E-state index contributed by atoms with van der Waals surface area (Å²) >= 11 is 0. The van der Waals surface area contributed by atoms with Gasteiger partial charge in [0.25, 0.3) is 0 Å². The highest BCUT2D eigenvalue weighted by molar-refractivity contribution is 5.78. The van der Waals surface area contributed by atoms with Crippen molar-refractivity contribution in [3.63, 3.8) is 0 Å². The van der Waals surface area contributed by atoms with E-state index in [1.807, 2.05) is 0 Å². The van der Waals surface area contributed by atoms with Gasteiger partial charge in [-0.25, -0.2) is 0 Å². The number of amides is 2. The lowest BCUT2D eigenvalue weighted by Gasteiger charge is -2.34. The Morgan fingerprint density at radius 1 is 0.731 bits per heavy atom. The van der Waals surface area contributed by atoms with Gasteiger partial charge in [0.05, 0.1) is 26.1 Å². The van der Waals surface area contributed by atoms with E-state index in [4.69, 9.17) is 19.7 Å². The van der Waals surface area contributed by atoms with Crippen molar-refractivity contribution in [1.82, 2.24) is 9.80 Å². The summed E-state index contributed by atoms with van der Waals surface area (Å²) in [6.07, 6.45) is 0.551. The zero-order valence-electron chi connectivity index (χ0n) is 14.9. The van der Waals surface area contributed by atoms with Gasteiger partial charge >= 0.3 is 0 Å². The maximum absolute atomic E-state index is 12.1. The normalized spacial score (nSPS) is 13.5. The molecule has 1 heterocycles. The molecule has 0 spiro atoms. The third-order valence-electron chi connectivity index (χ3n) is 3.66. The van der Waals surface area contributed by atoms with Crippen molar-refractivity contribution in [2.75, 3.05) is 65.8 Å². The van der Waals surface area contributed by atoms with Gasteiger partial charge in [-0.05, 0) is 0 Å². The van der Waals surface area contributed by atoms with E-state index >= 15 is 0 Å². The van der Waals surface area contributed by atoms with E-state index in [1.165, 1.54) is 0 Å². The number of hydrogen-bond acceptors (Lipinski definition) is 6. The number of rotatable bonds is 8. The minimum Gasteiger partial charge on any atom is -0.384 e. The van der Waals surface area contributed by atoms with Gasteiger partial charge in [-0.2, -0.15) is 0 Å². The molecule has 2 N–H and O–H groups in total. The molecule has 0 aromatic carbocycles. The fourth-order valence-corrected chi connectivity index (χ4v) is 2.30. The van der Waals surface area contributed by atoms with Gasteiger partial charge in [-0.3, -0.25) is 9.59 Å². The number of ether oxygens (including phenoxy) is 2. The van der Waals surface area contributed by atoms with E-state index in [0.29, 0.717) is 26.2 Å². The summed E-state index contributed by atoms with van der Waals surface area (Å²) in [5, 5.41) is 17.0. The molecule has 8 heteroatoms. The van der Waals surface area contributed by atoms with Gasteiger partial charge < -0.3 is 29.5 Å². The monoisotopic (exact) mass is 366 g/mol. The SMILES string of the molecule is O=C(CCOCC#CCO)N1CCN(C(=O)CCOCC#CCO)CC1.